The van der Waals surface area contributed by atoms with Crippen molar-refractivity contribution in [2.24, 2.45) is 0 Å². The van der Waals surface area contributed by atoms with Crippen LogP contribution in [-0.4, -0.2) is 76.6 Å². The molecule has 192 valence electrons. The van der Waals surface area contributed by atoms with Crippen molar-refractivity contribution in [3.8, 4) is 0 Å². The van der Waals surface area contributed by atoms with Crippen molar-refractivity contribution < 1.29 is 14.0 Å². The molecule has 1 saturated heterocycles. The normalized spacial score (nSPS) is 16.1. The van der Waals surface area contributed by atoms with Crippen LogP contribution in [0.3, 0.4) is 0 Å². The third kappa shape index (κ3) is 8.18. The highest BCUT2D eigenvalue weighted by Crippen LogP contribution is 2.36. The van der Waals surface area contributed by atoms with E-state index >= 15 is 0 Å². The van der Waals surface area contributed by atoms with Crippen LogP contribution >= 0.6 is 0 Å². The highest BCUT2D eigenvalue weighted by atomic mass is 28.4. The van der Waals surface area contributed by atoms with Crippen molar-refractivity contribution in [1.82, 2.24) is 14.5 Å². The summed E-state index contributed by atoms with van der Waals surface area (Å²) < 4.78 is 13.6. The number of carbonyl (C=O) groups excluding carboxylic acids is 1. The molecule has 1 fully saturated rings. The molecule has 0 aromatic carbocycles. The SMILES string of the molecule is CN1CCN(c2nc(/C=C/CO[Si](C)(C)C(C)(C)C)cn(COCC[Si](C)(C)C)c2=O)CC1=O. The van der Waals surface area contributed by atoms with Crippen LogP contribution in [0.2, 0.25) is 43.8 Å². The highest BCUT2D eigenvalue weighted by molar-refractivity contribution is 6.76. The van der Waals surface area contributed by atoms with Gasteiger partial charge in [-0.3, -0.25) is 14.2 Å². The van der Waals surface area contributed by atoms with Crippen LogP contribution in [0.5, 0.6) is 0 Å². The van der Waals surface area contributed by atoms with Crippen LogP contribution in [0.1, 0.15) is 26.5 Å². The molecule has 2 heterocycles. The van der Waals surface area contributed by atoms with Crippen molar-refractivity contribution in [2.75, 3.05) is 44.8 Å². The van der Waals surface area contributed by atoms with Crippen molar-refractivity contribution in [2.45, 2.75) is 71.3 Å². The van der Waals surface area contributed by atoms with Gasteiger partial charge >= 0.3 is 0 Å². The Morgan fingerprint density at radius 1 is 1.12 bits per heavy atom. The third-order valence-electron chi connectivity index (χ3n) is 6.59. The van der Waals surface area contributed by atoms with Gasteiger partial charge in [-0.1, -0.05) is 46.5 Å². The highest BCUT2D eigenvalue weighted by Gasteiger charge is 2.36. The predicted octanol–water partition coefficient (Wildman–Crippen LogP) is 3.87. The number of rotatable bonds is 10. The van der Waals surface area contributed by atoms with Gasteiger partial charge in [-0.25, -0.2) is 4.98 Å². The van der Waals surface area contributed by atoms with Crippen LogP contribution < -0.4 is 10.5 Å². The standard InChI is InChI=1S/C24H44N4O4Si2/c1-24(2,3)34(8,9)32-14-10-11-20-17-28(19-31-15-16-33(5,6)7)23(30)22(25-20)27-13-12-26(4)21(29)18-27/h10-11,17H,12-16,18-19H2,1-9H3/b11-10+. The molecule has 1 aliphatic heterocycles. The van der Waals surface area contributed by atoms with E-state index in [0.717, 1.165) is 6.04 Å². The fraction of sp³-hybridized carbons (Fsp3) is 0.708. The lowest BCUT2D eigenvalue weighted by Gasteiger charge is -2.35. The van der Waals surface area contributed by atoms with E-state index < -0.39 is 16.4 Å². The molecule has 0 radical (unpaired) electrons. The maximum absolute atomic E-state index is 13.2. The Labute approximate surface area is 207 Å². The van der Waals surface area contributed by atoms with E-state index in [9.17, 15) is 9.59 Å². The third-order valence-corrected chi connectivity index (χ3v) is 12.8. The Bertz CT molecular complexity index is 932. The topological polar surface area (TPSA) is 76.9 Å². The number of amides is 1. The monoisotopic (exact) mass is 508 g/mol. The summed E-state index contributed by atoms with van der Waals surface area (Å²) in [6.07, 6.45) is 5.55. The molecule has 2 rings (SSSR count). The molecule has 8 nitrogen and oxygen atoms in total. The first-order valence-corrected chi connectivity index (χ1v) is 18.7. The molecule has 0 bridgehead atoms. The number of nitrogens with zero attached hydrogens (tertiary/aromatic N) is 4. The van der Waals surface area contributed by atoms with Crippen molar-refractivity contribution in [3.05, 3.63) is 28.3 Å². The number of aromatic nitrogens is 2. The van der Waals surface area contributed by atoms with Crippen LogP contribution in [-0.2, 0) is 20.7 Å². The summed E-state index contributed by atoms with van der Waals surface area (Å²) in [5.74, 6) is 0.275. The van der Waals surface area contributed by atoms with Gasteiger partial charge in [-0.15, -0.1) is 0 Å². The number of piperazine rings is 1. The van der Waals surface area contributed by atoms with Crippen molar-refractivity contribution in [3.63, 3.8) is 0 Å². The van der Waals surface area contributed by atoms with Crippen LogP contribution in [0.4, 0.5) is 5.82 Å². The Kier molecular flexibility index (Phi) is 9.48. The Hall–Kier alpha value is -1.76. The molecule has 0 saturated carbocycles. The molecular formula is C24H44N4O4Si2. The fourth-order valence-corrected chi connectivity index (χ4v) is 4.75. The molecule has 0 aliphatic carbocycles. The predicted molar refractivity (Wildman–Crippen MR) is 145 cm³/mol. The first kappa shape index (κ1) is 28.5. The Balaban J connectivity index is 2.23. The number of likely N-dealkylation sites (N-methyl/N-ethyl adjacent to an activating group) is 1. The van der Waals surface area contributed by atoms with Crippen LogP contribution in [0, 0.1) is 0 Å². The number of anilines is 1. The number of hydrogen-bond acceptors (Lipinski definition) is 6. The van der Waals surface area contributed by atoms with E-state index in [1.54, 1.807) is 27.6 Å². The quantitative estimate of drug-likeness (QED) is 0.353. The Morgan fingerprint density at radius 2 is 1.79 bits per heavy atom. The summed E-state index contributed by atoms with van der Waals surface area (Å²) in [4.78, 5) is 33.5. The van der Waals surface area contributed by atoms with Crippen molar-refractivity contribution >= 4 is 34.2 Å². The van der Waals surface area contributed by atoms with Gasteiger partial charge < -0.3 is 19.0 Å². The van der Waals surface area contributed by atoms with Gasteiger partial charge in [0.15, 0.2) is 14.1 Å². The van der Waals surface area contributed by atoms with Gasteiger partial charge in [0.1, 0.15) is 6.73 Å². The summed E-state index contributed by atoms with van der Waals surface area (Å²) >= 11 is 0. The molecule has 0 atom stereocenters. The minimum atomic E-state index is -1.85. The Morgan fingerprint density at radius 3 is 2.38 bits per heavy atom. The second-order valence-corrected chi connectivity index (χ2v) is 22.3. The van der Waals surface area contributed by atoms with E-state index in [1.807, 2.05) is 12.2 Å². The van der Waals surface area contributed by atoms with Crippen molar-refractivity contribution in [1.29, 1.82) is 0 Å². The molecule has 34 heavy (non-hydrogen) atoms. The van der Waals surface area contributed by atoms with E-state index in [0.29, 0.717) is 37.8 Å². The van der Waals surface area contributed by atoms with Crippen LogP contribution in [0.25, 0.3) is 6.08 Å². The zero-order valence-corrected chi connectivity index (χ0v) is 24.6. The lowest BCUT2D eigenvalue weighted by molar-refractivity contribution is -0.129. The molecule has 0 unspecified atom stereocenters. The summed E-state index contributed by atoms with van der Waals surface area (Å²) in [6.45, 7) is 20.5. The van der Waals surface area contributed by atoms with E-state index in [1.165, 1.54) is 0 Å². The average molecular weight is 509 g/mol. The molecule has 1 aromatic heterocycles. The van der Waals surface area contributed by atoms with E-state index in [2.05, 4.69) is 58.5 Å². The molecule has 0 spiro atoms. The molecule has 1 amide bonds. The largest absolute Gasteiger partial charge is 0.413 e. The van der Waals surface area contributed by atoms with Gasteiger partial charge in [0.2, 0.25) is 5.91 Å². The molecular weight excluding hydrogens is 464 g/mol. The van der Waals surface area contributed by atoms with Gasteiger partial charge in [0.25, 0.3) is 5.56 Å². The number of carbonyl (C=O) groups is 1. The van der Waals surface area contributed by atoms with Gasteiger partial charge in [0.05, 0.1) is 18.8 Å². The minimum Gasteiger partial charge on any atom is -0.413 e. The minimum absolute atomic E-state index is 0.0194. The summed E-state index contributed by atoms with van der Waals surface area (Å²) in [6, 6.07) is 1.03. The maximum Gasteiger partial charge on any atom is 0.295 e. The maximum atomic E-state index is 13.2. The first-order valence-electron chi connectivity index (χ1n) is 12.1. The fourth-order valence-electron chi connectivity index (χ4n) is 3.05. The molecule has 0 N–H and O–H groups in total. The van der Waals surface area contributed by atoms with Crippen LogP contribution in [0.15, 0.2) is 17.1 Å². The first-order chi connectivity index (χ1) is 15.6. The average Bonchev–Trinajstić information content (AvgIpc) is 2.70. The molecule has 1 aliphatic rings. The summed E-state index contributed by atoms with van der Waals surface area (Å²) in [7, 11) is -1.29. The summed E-state index contributed by atoms with van der Waals surface area (Å²) in [5, 5.41) is 0.140. The zero-order chi connectivity index (χ0) is 25.7. The number of hydrogen-bond donors (Lipinski definition) is 0. The van der Waals surface area contributed by atoms with Gasteiger partial charge in [-0.2, -0.15) is 0 Å². The van der Waals surface area contributed by atoms with E-state index in [4.69, 9.17) is 9.16 Å². The zero-order valence-electron chi connectivity index (χ0n) is 22.6. The van der Waals surface area contributed by atoms with E-state index in [-0.39, 0.29) is 29.8 Å². The molecule has 1 aromatic rings. The number of ether oxygens (including phenoxy) is 1. The molecule has 10 heteroatoms. The summed E-state index contributed by atoms with van der Waals surface area (Å²) in [5.41, 5.74) is 0.411. The smallest absolute Gasteiger partial charge is 0.295 e. The lowest BCUT2D eigenvalue weighted by Crippen LogP contribution is -2.50. The second-order valence-electron chi connectivity index (χ2n) is 11.8. The lowest BCUT2D eigenvalue weighted by atomic mass is 10.2. The van der Waals surface area contributed by atoms with Gasteiger partial charge in [0, 0.05) is 41.0 Å². The second kappa shape index (κ2) is 11.3. The van der Waals surface area contributed by atoms with Gasteiger partial charge in [-0.05, 0) is 30.3 Å².